The molecule has 31 heavy (non-hydrogen) atoms. The molecule has 0 radical (unpaired) electrons. The van der Waals surface area contributed by atoms with Crippen LogP contribution in [0.5, 0.6) is 0 Å². The maximum Gasteiger partial charge on any atom is 0.418 e. The predicted octanol–water partition coefficient (Wildman–Crippen LogP) is 5.33. The number of hydrogen-bond acceptors (Lipinski definition) is 4. The molecular formula is C21H15ClF3N5O. The number of carbonyl (C=O) groups excluding carboxylic acids is 1. The topological polar surface area (TPSA) is 72.2 Å². The lowest BCUT2D eigenvalue weighted by Crippen LogP contribution is -2.20. The van der Waals surface area contributed by atoms with Gasteiger partial charge in [0.05, 0.1) is 28.2 Å². The zero-order chi connectivity index (χ0) is 22.3. The number of amides is 1. The Balaban J connectivity index is 1.76. The summed E-state index contributed by atoms with van der Waals surface area (Å²) in [6, 6.07) is 11.9. The monoisotopic (exact) mass is 445 g/mol. The number of nitrogens with zero attached hydrogens (tertiary/aromatic N) is 4. The summed E-state index contributed by atoms with van der Waals surface area (Å²) in [6.45, 7) is 3.38. The van der Waals surface area contributed by atoms with Crippen LogP contribution in [0.3, 0.4) is 0 Å². The van der Waals surface area contributed by atoms with Gasteiger partial charge in [-0.2, -0.15) is 18.3 Å². The van der Waals surface area contributed by atoms with E-state index in [0.29, 0.717) is 27.6 Å². The van der Waals surface area contributed by atoms with Crippen LogP contribution in [0.15, 0.2) is 48.5 Å². The lowest BCUT2D eigenvalue weighted by molar-refractivity contribution is -0.136. The zero-order valence-electron chi connectivity index (χ0n) is 16.3. The van der Waals surface area contributed by atoms with E-state index in [1.165, 1.54) is 22.7 Å². The summed E-state index contributed by atoms with van der Waals surface area (Å²) >= 11 is 6.09. The molecule has 0 fully saturated rings. The SMILES string of the molecule is Cc1nn2c(C)c(C(=O)Nc3ccccc3C(F)(F)F)nnc2c1-c1cccc(Cl)c1. The van der Waals surface area contributed by atoms with Crippen LogP contribution in [-0.4, -0.2) is 25.7 Å². The number of alkyl halides is 3. The number of nitrogens with one attached hydrogen (secondary N) is 1. The smallest absolute Gasteiger partial charge is 0.320 e. The summed E-state index contributed by atoms with van der Waals surface area (Å²) in [5.74, 6) is -0.818. The van der Waals surface area contributed by atoms with Gasteiger partial charge in [0.2, 0.25) is 0 Å². The third-order valence-electron chi connectivity index (χ3n) is 4.75. The standard InChI is InChI=1S/C21H15ClF3N5O/c1-11-17(13-6-5-7-14(22)10-13)19-28-27-18(12(2)30(19)29-11)20(31)26-16-9-4-3-8-15(16)21(23,24)25/h3-10H,1-2H3,(H,26,31). The Bertz CT molecular complexity index is 1320. The number of fused-ring (bicyclic) bond motifs is 1. The van der Waals surface area contributed by atoms with Gasteiger partial charge >= 0.3 is 6.18 Å². The minimum absolute atomic E-state index is 0.135. The molecule has 4 rings (SSSR count). The molecular weight excluding hydrogens is 431 g/mol. The number of aryl methyl sites for hydroxylation is 2. The van der Waals surface area contributed by atoms with Crippen molar-refractivity contribution in [3.63, 3.8) is 0 Å². The Kier molecular flexibility index (Phi) is 5.14. The summed E-state index contributed by atoms with van der Waals surface area (Å²) in [5.41, 5.74) is 1.42. The van der Waals surface area contributed by atoms with Crippen LogP contribution >= 0.6 is 11.6 Å². The number of benzene rings is 2. The Morgan fingerprint density at radius 3 is 2.52 bits per heavy atom. The Morgan fingerprint density at radius 1 is 1.06 bits per heavy atom. The molecule has 1 amide bonds. The van der Waals surface area contributed by atoms with Gasteiger partial charge in [0.15, 0.2) is 11.3 Å². The fraction of sp³-hybridized carbons (Fsp3) is 0.143. The normalized spacial score (nSPS) is 11.7. The van der Waals surface area contributed by atoms with Crippen molar-refractivity contribution in [2.24, 2.45) is 0 Å². The number of hydrogen-bond donors (Lipinski definition) is 1. The molecule has 0 spiro atoms. The van der Waals surface area contributed by atoms with Gasteiger partial charge in [-0.15, -0.1) is 10.2 Å². The first-order chi connectivity index (χ1) is 14.7. The number of carbonyl (C=O) groups is 1. The minimum atomic E-state index is -4.61. The Hall–Kier alpha value is -3.46. The summed E-state index contributed by atoms with van der Waals surface area (Å²) in [4.78, 5) is 12.7. The Labute approximate surface area is 179 Å². The van der Waals surface area contributed by atoms with Crippen LogP contribution in [0.1, 0.15) is 27.4 Å². The maximum absolute atomic E-state index is 13.2. The van der Waals surface area contributed by atoms with Gasteiger partial charge in [-0.05, 0) is 43.7 Å². The van der Waals surface area contributed by atoms with Gasteiger partial charge in [0.25, 0.3) is 5.91 Å². The van der Waals surface area contributed by atoms with Gasteiger partial charge in [0, 0.05) is 5.02 Å². The minimum Gasteiger partial charge on any atom is -0.320 e. The van der Waals surface area contributed by atoms with Crippen molar-refractivity contribution in [1.29, 1.82) is 0 Å². The molecule has 0 saturated carbocycles. The van der Waals surface area contributed by atoms with E-state index in [1.54, 1.807) is 32.0 Å². The van der Waals surface area contributed by atoms with Crippen LogP contribution in [0, 0.1) is 13.8 Å². The molecule has 1 N–H and O–H groups in total. The summed E-state index contributed by atoms with van der Waals surface area (Å²) in [5, 5.41) is 15.4. The second-order valence-electron chi connectivity index (χ2n) is 6.84. The van der Waals surface area contributed by atoms with Crippen LogP contribution in [-0.2, 0) is 6.18 Å². The molecule has 0 bridgehead atoms. The molecule has 2 aromatic heterocycles. The number of anilines is 1. The fourth-order valence-electron chi connectivity index (χ4n) is 3.32. The zero-order valence-corrected chi connectivity index (χ0v) is 17.1. The first kappa shape index (κ1) is 20.8. The average molecular weight is 446 g/mol. The van der Waals surface area contributed by atoms with Crippen molar-refractivity contribution in [1.82, 2.24) is 19.8 Å². The van der Waals surface area contributed by atoms with E-state index >= 15 is 0 Å². The maximum atomic E-state index is 13.2. The summed E-state index contributed by atoms with van der Waals surface area (Å²) in [7, 11) is 0. The molecule has 4 aromatic rings. The van der Waals surface area contributed by atoms with Crippen molar-refractivity contribution in [3.8, 4) is 11.1 Å². The van der Waals surface area contributed by atoms with Crippen molar-refractivity contribution >= 4 is 28.8 Å². The first-order valence-electron chi connectivity index (χ1n) is 9.13. The fourth-order valence-corrected chi connectivity index (χ4v) is 3.51. The van der Waals surface area contributed by atoms with Gasteiger partial charge in [-0.1, -0.05) is 35.9 Å². The molecule has 10 heteroatoms. The molecule has 0 aliphatic heterocycles. The van der Waals surface area contributed by atoms with Gasteiger partial charge in [0.1, 0.15) is 0 Å². The largest absolute Gasteiger partial charge is 0.418 e. The third-order valence-corrected chi connectivity index (χ3v) is 4.99. The average Bonchev–Trinajstić information content (AvgIpc) is 3.04. The summed E-state index contributed by atoms with van der Waals surface area (Å²) in [6.07, 6.45) is -4.61. The van der Waals surface area contributed by atoms with Gasteiger partial charge in [-0.3, -0.25) is 4.79 Å². The number of aromatic nitrogens is 4. The van der Waals surface area contributed by atoms with Crippen molar-refractivity contribution in [2.75, 3.05) is 5.32 Å². The van der Waals surface area contributed by atoms with Crippen molar-refractivity contribution < 1.29 is 18.0 Å². The summed E-state index contributed by atoms with van der Waals surface area (Å²) < 4.78 is 41.1. The lowest BCUT2D eigenvalue weighted by atomic mass is 10.1. The Morgan fingerprint density at radius 2 is 1.81 bits per heavy atom. The van der Waals surface area contributed by atoms with Crippen LogP contribution in [0.25, 0.3) is 16.8 Å². The quantitative estimate of drug-likeness (QED) is 0.462. The highest BCUT2D eigenvalue weighted by Gasteiger charge is 2.34. The number of rotatable bonds is 3. The van der Waals surface area contributed by atoms with Gasteiger partial charge < -0.3 is 5.32 Å². The highest BCUT2D eigenvalue weighted by molar-refractivity contribution is 6.30. The molecule has 158 valence electrons. The molecule has 0 unspecified atom stereocenters. The highest BCUT2D eigenvalue weighted by Crippen LogP contribution is 2.35. The van der Waals surface area contributed by atoms with E-state index in [4.69, 9.17) is 11.6 Å². The van der Waals surface area contributed by atoms with E-state index in [-0.39, 0.29) is 11.4 Å². The van der Waals surface area contributed by atoms with Crippen LogP contribution < -0.4 is 5.32 Å². The second kappa shape index (κ2) is 7.66. The van der Waals surface area contributed by atoms with E-state index < -0.39 is 17.6 Å². The van der Waals surface area contributed by atoms with Gasteiger partial charge in [-0.25, -0.2) is 4.52 Å². The first-order valence-corrected chi connectivity index (χ1v) is 9.50. The molecule has 0 atom stereocenters. The number of para-hydroxylation sites is 1. The third kappa shape index (κ3) is 3.84. The predicted molar refractivity (Wildman–Crippen MR) is 110 cm³/mol. The molecule has 0 aliphatic carbocycles. The molecule has 0 saturated heterocycles. The highest BCUT2D eigenvalue weighted by atomic mass is 35.5. The second-order valence-corrected chi connectivity index (χ2v) is 7.27. The molecule has 0 aliphatic rings. The van der Waals surface area contributed by atoms with Crippen LogP contribution in [0.2, 0.25) is 5.02 Å². The van der Waals surface area contributed by atoms with E-state index in [1.807, 2.05) is 6.07 Å². The van der Waals surface area contributed by atoms with E-state index in [2.05, 4.69) is 20.6 Å². The molecule has 2 aromatic carbocycles. The lowest BCUT2D eigenvalue weighted by Gasteiger charge is -2.13. The van der Waals surface area contributed by atoms with Crippen molar-refractivity contribution in [2.45, 2.75) is 20.0 Å². The molecule has 2 heterocycles. The van der Waals surface area contributed by atoms with Crippen LogP contribution in [0.4, 0.5) is 18.9 Å². The van der Waals surface area contributed by atoms with E-state index in [9.17, 15) is 18.0 Å². The van der Waals surface area contributed by atoms with E-state index in [0.717, 1.165) is 11.6 Å². The molecule has 6 nitrogen and oxygen atoms in total. The van der Waals surface area contributed by atoms with Crippen molar-refractivity contribution in [3.05, 3.63) is 76.2 Å². The number of halogens is 4.